The van der Waals surface area contributed by atoms with E-state index in [-0.39, 0.29) is 11.9 Å². The maximum absolute atomic E-state index is 12.8. The number of anilines is 2. The van der Waals surface area contributed by atoms with Crippen LogP contribution in [0.3, 0.4) is 0 Å². The quantitative estimate of drug-likeness (QED) is 0.881. The molecule has 5 nitrogen and oxygen atoms in total. The summed E-state index contributed by atoms with van der Waals surface area (Å²) in [5.41, 5.74) is 2.56. The fraction of sp³-hybridized carbons (Fsp3) is 0.235. The summed E-state index contributed by atoms with van der Waals surface area (Å²) in [6, 6.07) is 9.78. The van der Waals surface area contributed by atoms with Crippen LogP contribution in [0.25, 0.3) is 0 Å². The number of carbonyl (C=O) groups is 1. The van der Waals surface area contributed by atoms with E-state index in [1.165, 1.54) is 5.56 Å². The van der Waals surface area contributed by atoms with Crippen LogP contribution in [-0.4, -0.2) is 28.5 Å². The molecule has 1 aliphatic rings. The Morgan fingerprint density at radius 3 is 3.09 bits per heavy atom. The van der Waals surface area contributed by atoms with E-state index in [4.69, 9.17) is 0 Å². The van der Waals surface area contributed by atoms with Crippen molar-refractivity contribution >= 4 is 17.5 Å². The van der Waals surface area contributed by atoms with Gasteiger partial charge in [0, 0.05) is 24.5 Å². The first kappa shape index (κ1) is 14.3. The smallest absolute Gasteiger partial charge is 0.277 e. The molecule has 0 radical (unpaired) electrons. The normalized spacial score (nSPS) is 16.2. The van der Waals surface area contributed by atoms with Crippen molar-refractivity contribution in [2.24, 2.45) is 0 Å². The standard InChI is InChI=1S/C17H18N4O/c1-3-9-18-17-19-10-8-14(20-17)16(22)21-12(2)11-13-6-4-5-7-15(13)21/h3-8,10,12H,1,9,11H2,2H3,(H,18,19,20). The van der Waals surface area contributed by atoms with E-state index in [0.29, 0.717) is 18.2 Å². The summed E-state index contributed by atoms with van der Waals surface area (Å²) >= 11 is 0. The van der Waals surface area contributed by atoms with Crippen LogP contribution in [0.5, 0.6) is 0 Å². The third kappa shape index (κ3) is 2.57. The molecule has 0 aliphatic carbocycles. The van der Waals surface area contributed by atoms with Gasteiger partial charge in [0.15, 0.2) is 0 Å². The van der Waals surface area contributed by atoms with Crippen LogP contribution in [-0.2, 0) is 6.42 Å². The molecule has 0 saturated heterocycles. The second-order valence-electron chi connectivity index (χ2n) is 5.29. The second-order valence-corrected chi connectivity index (χ2v) is 5.29. The minimum atomic E-state index is -0.0958. The summed E-state index contributed by atoms with van der Waals surface area (Å²) in [5, 5.41) is 3.00. The maximum atomic E-state index is 12.8. The van der Waals surface area contributed by atoms with Gasteiger partial charge in [-0.25, -0.2) is 9.97 Å². The lowest BCUT2D eigenvalue weighted by Crippen LogP contribution is -2.36. The molecule has 1 amide bonds. The van der Waals surface area contributed by atoms with Crippen LogP contribution >= 0.6 is 0 Å². The van der Waals surface area contributed by atoms with Crippen molar-refractivity contribution in [2.75, 3.05) is 16.8 Å². The molecule has 0 bridgehead atoms. The van der Waals surface area contributed by atoms with E-state index in [0.717, 1.165) is 12.1 Å². The zero-order valence-corrected chi connectivity index (χ0v) is 12.5. The van der Waals surface area contributed by atoms with E-state index in [1.54, 1.807) is 18.3 Å². The summed E-state index contributed by atoms with van der Waals surface area (Å²) in [5.74, 6) is 0.340. The van der Waals surface area contributed by atoms with Gasteiger partial charge < -0.3 is 10.2 Å². The Balaban J connectivity index is 1.89. The number of amides is 1. The third-order valence-corrected chi connectivity index (χ3v) is 3.71. The Kier molecular flexibility index (Phi) is 3.87. The van der Waals surface area contributed by atoms with E-state index >= 15 is 0 Å². The molecule has 2 aromatic rings. The molecular formula is C17H18N4O. The average Bonchev–Trinajstić information content (AvgIpc) is 2.88. The number of hydrogen-bond donors (Lipinski definition) is 1. The van der Waals surface area contributed by atoms with Crippen molar-refractivity contribution in [3.8, 4) is 0 Å². The molecule has 0 saturated carbocycles. The summed E-state index contributed by atoms with van der Waals surface area (Å²) in [6.07, 6.45) is 4.18. The molecule has 0 spiro atoms. The lowest BCUT2D eigenvalue weighted by atomic mass is 10.1. The minimum Gasteiger partial charge on any atom is -0.351 e. The monoisotopic (exact) mass is 294 g/mol. The molecular weight excluding hydrogens is 276 g/mol. The molecule has 3 rings (SSSR count). The topological polar surface area (TPSA) is 58.1 Å². The zero-order valence-electron chi connectivity index (χ0n) is 12.5. The molecule has 0 fully saturated rings. The summed E-state index contributed by atoms with van der Waals surface area (Å²) < 4.78 is 0. The molecule has 1 unspecified atom stereocenters. The van der Waals surface area contributed by atoms with E-state index in [2.05, 4.69) is 34.9 Å². The lowest BCUT2D eigenvalue weighted by molar-refractivity contribution is 0.0976. The Morgan fingerprint density at radius 2 is 2.27 bits per heavy atom. The first-order valence-electron chi connectivity index (χ1n) is 7.30. The molecule has 1 atom stereocenters. The van der Waals surface area contributed by atoms with Gasteiger partial charge in [-0.2, -0.15) is 0 Å². The molecule has 1 aromatic heterocycles. The van der Waals surface area contributed by atoms with Crippen LogP contribution in [0, 0.1) is 0 Å². The molecule has 2 heterocycles. The molecule has 22 heavy (non-hydrogen) atoms. The Bertz CT molecular complexity index is 713. The van der Waals surface area contributed by atoms with Crippen LogP contribution in [0.1, 0.15) is 23.0 Å². The van der Waals surface area contributed by atoms with Gasteiger partial charge in [-0.15, -0.1) is 6.58 Å². The first-order valence-corrected chi connectivity index (χ1v) is 7.30. The van der Waals surface area contributed by atoms with Crippen molar-refractivity contribution < 1.29 is 4.79 Å². The largest absolute Gasteiger partial charge is 0.351 e. The zero-order chi connectivity index (χ0) is 15.5. The Morgan fingerprint density at radius 1 is 1.45 bits per heavy atom. The SMILES string of the molecule is C=CCNc1nccc(C(=O)N2c3ccccc3CC2C)n1. The highest BCUT2D eigenvalue weighted by atomic mass is 16.2. The number of rotatable bonds is 4. The first-order chi connectivity index (χ1) is 10.7. The predicted octanol–water partition coefficient (Wildman–Crippen LogP) is 2.67. The van der Waals surface area contributed by atoms with Gasteiger partial charge in [-0.05, 0) is 31.0 Å². The van der Waals surface area contributed by atoms with E-state index < -0.39 is 0 Å². The van der Waals surface area contributed by atoms with Crippen LogP contribution in [0.4, 0.5) is 11.6 Å². The van der Waals surface area contributed by atoms with Gasteiger partial charge in [-0.1, -0.05) is 24.3 Å². The number of benzene rings is 1. The number of fused-ring (bicyclic) bond motifs is 1. The number of para-hydroxylation sites is 1. The third-order valence-electron chi connectivity index (χ3n) is 3.71. The van der Waals surface area contributed by atoms with Gasteiger partial charge in [0.25, 0.3) is 5.91 Å². The Labute approximate surface area is 129 Å². The van der Waals surface area contributed by atoms with Crippen molar-refractivity contribution in [2.45, 2.75) is 19.4 Å². The number of nitrogens with one attached hydrogen (secondary N) is 1. The van der Waals surface area contributed by atoms with Crippen molar-refractivity contribution in [1.29, 1.82) is 0 Å². The lowest BCUT2D eigenvalue weighted by Gasteiger charge is -2.22. The van der Waals surface area contributed by atoms with Crippen LogP contribution in [0.15, 0.2) is 49.2 Å². The van der Waals surface area contributed by atoms with Gasteiger partial charge >= 0.3 is 0 Å². The molecule has 5 heteroatoms. The maximum Gasteiger partial charge on any atom is 0.277 e. The minimum absolute atomic E-state index is 0.0958. The van der Waals surface area contributed by atoms with Gasteiger partial charge in [0.05, 0.1) is 0 Å². The highest BCUT2D eigenvalue weighted by Gasteiger charge is 2.31. The van der Waals surface area contributed by atoms with Gasteiger partial charge in [0.1, 0.15) is 5.69 Å². The molecule has 112 valence electrons. The number of hydrogen-bond acceptors (Lipinski definition) is 4. The van der Waals surface area contributed by atoms with E-state index in [1.807, 2.05) is 23.1 Å². The summed E-state index contributed by atoms with van der Waals surface area (Å²) in [4.78, 5) is 23.1. The fourth-order valence-corrected chi connectivity index (χ4v) is 2.72. The molecule has 1 aromatic carbocycles. The van der Waals surface area contributed by atoms with Gasteiger partial charge in [-0.3, -0.25) is 4.79 Å². The highest BCUT2D eigenvalue weighted by Crippen LogP contribution is 2.32. The van der Waals surface area contributed by atoms with Crippen LogP contribution in [0.2, 0.25) is 0 Å². The Hall–Kier alpha value is -2.69. The van der Waals surface area contributed by atoms with Crippen molar-refractivity contribution in [3.05, 3.63) is 60.4 Å². The number of nitrogens with zero attached hydrogens (tertiary/aromatic N) is 3. The van der Waals surface area contributed by atoms with Crippen LogP contribution < -0.4 is 10.2 Å². The van der Waals surface area contributed by atoms with Crippen molar-refractivity contribution in [3.63, 3.8) is 0 Å². The second kappa shape index (κ2) is 5.97. The average molecular weight is 294 g/mol. The predicted molar refractivity (Wildman–Crippen MR) is 87.1 cm³/mol. The number of aromatic nitrogens is 2. The number of carbonyl (C=O) groups excluding carboxylic acids is 1. The fourth-order valence-electron chi connectivity index (χ4n) is 2.72. The summed E-state index contributed by atoms with van der Waals surface area (Å²) in [6.45, 7) is 6.25. The van der Waals surface area contributed by atoms with Crippen molar-refractivity contribution in [1.82, 2.24) is 9.97 Å². The van der Waals surface area contributed by atoms with E-state index in [9.17, 15) is 4.79 Å². The highest BCUT2D eigenvalue weighted by molar-refractivity contribution is 6.06. The molecule has 1 N–H and O–H groups in total. The molecule has 1 aliphatic heterocycles. The summed E-state index contributed by atoms with van der Waals surface area (Å²) in [7, 11) is 0. The van der Waals surface area contributed by atoms with Gasteiger partial charge in [0.2, 0.25) is 5.95 Å².